The Hall–Kier alpha value is -0.750. The van der Waals surface area contributed by atoms with Gasteiger partial charge in [0.15, 0.2) is 0 Å². The maximum atomic E-state index is 12.6. The van der Waals surface area contributed by atoms with Crippen LogP contribution in [0, 0.1) is 5.92 Å². The highest BCUT2D eigenvalue weighted by atomic mass is 79.9. The molecule has 4 nitrogen and oxygen atoms in total. The van der Waals surface area contributed by atoms with Gasteiger partial charge in [0.25, 0.3) is 5.91 Å². The fourth-order valence-electron chi connectivity index (χ4n) is 3.06. The molecule has 2 unspecified atom stereocenters. The van der Waals surface area contributed by atoms with Crippen molar-refractivity contribution in [2.75, 3.05) is 11.4 Å². The summed E-state index contributed by atoms with van der Waals surface area (Å²) in [5, 5.41) is 0.397. The number of anilines is 1. The zero-order valence-corrected chi connectivity index (χ0v) is 16.9. The molecule has 1 aromatic heterocycles. The van der Waals surface area contributed by atoms with E-state index in [4.69, 9.17) is 0 Å². The van der Waals surface area contributed by atoms with E-state index >= 15 is 0 Å². The molecule has 0 bridgehead atoms. The van der Waals surface area contributed by atoms with Gasteiger partial charge in [-0.3, -0.25) is 9.52 Å². The van der Waals surface area contributed by atoms with Gasteiger partial charge >= 0.3 is 0 Å². The maximum absolute atomic E-state index is 12.6. The summed E-state index contributed by atoms with van der Waals surface area (Å²) in [5.74, 6) is 1.30. The van der Waals surface area contributed by atoms with E-state index in [1.54, 1.807) is 0 Å². The summed E-state index contributed by atoms with van der Waals surface area (Å²) in [4.78, 5) is 19.5. The second-order valence-electron chi connectivity index (χ2n) is 7.01. The predicted octanol–water partition coefficient (Wildman–Crippen LogP) is 4.65. The Kier molecular flexibility index (Phi) is 6.00. The van der Waals surface area contributed by atoms with E-state index < -0.39 is 0 Å². The number of pyridine rings is 1. The smallest absolute Gasteiger partial charge is 0.264 e. The summed E-state index contributed by atoms with van der Waals surface area (Å²) in [7, 11) is 0. The molecular formula is C17H26BrN3OS. The van der Waals surface area contributed by atoms with Gasteiger partial charge in [-0.2, -0.15) is 0 Å². The summed E-state index contributed by atoms with van der Waals surface area (Å²) >= 11 is 4.92. The van der Waals surface area contributed by atoms with Gasteiger partial charge in [-0.05, 0) is 72.6 Å². The van der Waals surface area contributed by atoms with Crippen LogP contribution in [0.5, 0.6) is 0 Å². The number of halogens is 1. The standard InChI is InChI=1S/C17H26BrN3OS/c1-6-12(3)23-20-16(22)13-7-8-14(18)19-15(13)21-10-11(2)9-17(21,4)5/h7-8,11-12H,6,9-10H2,1-5H3,(H,20,22). The van der Waals surface area contributed by atoms with Crippen LogP contribution in [-0.4, -0.2) is 28.2 Å². The molecule has 1 aromatic rings. The van der Waals surface area contributed by atoms with Crippen LogP contribution in [0.4, 0.5) is 5.82 Å². The van der Waals surface area contributed by atoms with Crippen molar-refractivity contribution in [3.05, 3.63) is 22.3 Å². The van der Waals surface area contributed by atoms with Gasteiger partial charge in [-0.15, -0.1) is 0 Å². The molecule has 0 aliphatic carbocycles. The van der Waals surface area contributed by atoms with Crippen LogP contribution in [0.1, 0.15) is 57.8 Å². The molecule has 0 saturated carbocycles. The van der Waals surface area contributed by atoms with Crippen LogP contribution < -0.4 is 9.62 Å². The van der Waals surface area contributed by atoms with Gasteiger partial charge < -0.3 is 4.90 Å². The molecule has 2 heterocycles. The zero-order valence-electron chi connectivity index (χ0n) is 14.5. The van der Waals surface area contributed by atoms with E-state index in [-0.39, 0.29) is 11.4 Å². The average Bonchev–Trinajstić information content (AvgIpc) is 2.76. The number of carbonyl (C=O) groups is 1. The number of rotatable bonds is 5. The average molecular weight is 400 g/mol. The van der Waals surface area contributed by atoms with Gasteiger partial charge in [-0.1, -0.05) is 20.8 Å². The van der Waals surface area contributed by atoms with Gasteiger partial charge in [0.1, 0.15) is 10.4 Å². The molecule has 2 atom stereocenters. The van der Waals surface area contributed by atoms with Crippen molar-refractivity contribution in [2.45, 2.75) is 58.2 Å². The first-order chi connectivity index (χ1) is 10.7. The lowest BCUT2D eigenvalue weighted by atomic mass is 9.97. The molecule has 0 aromatic carbocycles. The van der Waals surface area contributed by atoms with E-state index in [1.807, 2.05) is 12.1 Å². The van der Waals surface area contributed by atoms with Crippen molar-refractivity contribution in [3.8, 4) is 0 Å². The SMILES string of the molecule is CCC(C)SNC(=O)c1ccc(Br)nc1N1CC(C)CC1(C)C. The Morgan fingerprint density at radius 1 is 1.57 bits per heavy atom. The third-order valence-corrected chi connectivity index (χ3v) is 5.82. The molecule has 1 aliphatic heterocycles. The molecule has 6 heteroatoms. The highest BCUT2D eigenvalue weighted by molar-refractivity contribution is 9.10. The summed E-state index contributed by atoms with van der Waals surface area (Å²) in [6.45, 7) is 11.8. The largest absolute Gasteiger partial charge is 0.351 e. The number of aromatic nitrogens is 1. The second kappa shape index (κ2) is 7.43. The van der Waals surface area contributed by atoms with E-state index in [0.29, 0.717) is 16.7 Å². The number of hydrogen-bond donors (Lipinski definition) is 1. The maximum Gasteiger partial charge on any atom is 0.264 e. The molecule has 23 heavy (non-hydrogen) atoms. The third kappa shape index (κ3) is 4.41. The first-order valence-corrected chi connectivity index (χ1v) is 9.82. The molecule has 1 amide bonds. The fraction of sp³-hybridized carbons (Fsp3) is 0.647. The molecule has 1 saturated heterocycles. The number of nitrogens with zero attached hydrogens (tertiary/aromatic N) is 2. The monoisotopic (exact) mass is 399 g/mol. The van der Waals surface area contributed by atoms with Gasteiger partial charge in [0, 0.05) is 17.3 Å². The van der Waals surface area contributed by atoms with Crippen LogP contribution in [0.3, 0.4) is 0 Å². The van der Waals surface area contributed by atoms with Crippen LogP contribution in [0.15, 0.2) is 16.7 Å². The van der Waals surface area contributed by atoms with E-state index in [2.05, 4.69) is 65.2 Å². The topological polar surface area (TPSA) is 45.2 Å². The highest BCUT2D eigenvalue weighted by Crippen LogP contribution is 2.37. The lowest BCUT2D eigenvalue weighted by Crippen LogP contribution is -2.40. The summed E-state index contributed by atoms with van der Waals surface area (Å²) in [6, 6.07) is 3.69. The van der Waals surface area contributed by atoms with Crippen molar-refractivity contribution in [2.24, 2.45) is 5.92 Å². The molecule has 1 aliphatic rings. The summed E-state index contributed by atoms with van der Waals surface area (Å²) in [6.07, 6.45) is 2.12. The van der Waals surface area contributed by atoms with Crippen molar-refractivity contribution in [1.29, 1.82) is 0 Å². The van der Waals surface area contributed by atoms with Crippen LogP contribution in [-0.2, 0) is 0 Å². The van der Waals surface area contributed by atoms with Crippen molar-refractivity contribution in [1.82, 2.24) is 9.71 Å². The summed E-state index contributed by atoms with van der Waals surface area (Å²) in [5.41, 5.74) is 0.651. The Bertz CT molecular complexity index is 579. The van der Waals surface area contributed by atoms with Crippen molar-refractivity contribution < 1.29 is 4.79 Å². The minimum atomic E-state index is -0.0688. The lowest BCUT2D eigenvalue weighted by molar-refractivity contribution is 0.0984. The minimum absolute atomic E-state index is 0.00604. The number of carbonyl (C=O) groups excluding carboxylic acids is 1. The van der Waals surface area contributed by atoms with Gasteiger partial charge in [0.2, 0.25) is 0 Å². The molecule has 128 valence electrons. The highest BCUT2D eigenvalue weighted by Gasteiger charge is 2.38. The Labute approximate surface area is 152 Å². The zero-order chi connectivity index (χ0) is 17.2. The third-order valence-electron chi connectivity index (χ3n) is 4.34. The Morgan fingerprint density at radius 3 is 2.83 bits per heavy atom. The van der Waals surface area contributed by atoms with Crippen molar-refractivity contribution in [3.63, 3.8) is 0 Å². The Morgan fingerprint density at radius 2 is 2.26 bits per heavy atom. The molecule has 1 N–H and O–H groups in total. The number of nitrogens with one attached hydrogen (secondary N) is 1. The number of amides is 1. The second-order valence-corrected chi connectivity index (χ2v) is 9.06. The van der Waals surface area contributed by atoms with Gasteiger partial charge in [0.05, 0.1) is 5.56 Å². The Balaban J connectivity index is 2.29. The van der Waals surface area contributed by atoms with Gasteiger partial charge in [-0.25, -0.2) is 4.98 Å². The predicted molar refractivity (Wildman–Crippen MR) is 102 cm³/mol. The van der Waals surface area contributed by atoms with E-state index in [0.717, 1.165) is 29.8 Å². The first kappa shape index (κ1) is 18.6. The molecule has 1 fully saturated rings. The molecule has 2 rings (SSSR count). The quantitative estimate of drug-likeness (QED) is 0.578. The van der Waals surface area contributed by atoms with Crippen LogP contribution in [0.25, 0.3) is 0 Å². The number of hydrogen-bond acceptors (Lipinski definition) is 4. The van der Waals surface area contributed by atoms with E-state index in [1.165, 1.54) is 11.9 Å². The van der Waals surface area contributed by atoms with E-state index in [9.17, 15) is 4.79 Å². The summed E-state index contributed by atoms with van der Waals surface area (Å²) < 4.78 is 3.73. The molecule has 0 radical (unpaired) electrons. The first-order valence-electron chi connectivity index (χ1n) is 8.14. The van der Waals surface area contributed by atoms with Crippen molar-refractivity contribution >= 4 is 39.6 Å². The molecule has 0 spiro atoms. The molecular weight excluding hydrogens is 374 g/mol. The normalized spacial score (nSPS) is 21.3. The van der Waals surface area contributed by atoms with Crippen LogP contribution >= 0.6 is 27.9 Å². The fourth-order valence-corrected chi connectivity index (χ4v) is 3.95. The minimum Gasteiger partial charge on any atom is -0.351 e. The van der Waals surface area contributed by atoms with Crippen LogP contribution in [0.2, 0.25) is 0 Å². The lowest BCUT2D eigenvalue weighted by Gasteiger charge is -2.33.